The van der Waals surface area contributed by atoms with Crippen molar-refractivity contribution in [2.75, 3.05) is 0 Å². The number of rotatable bonds is 4. The minimum absolute atomic E-state index is 0.0843. The van der Waals surface area contributed by atoms with E-state index in [1.165, 1.54) is 10.5 Å². The van der Waals surface area contributed by atoms with E-state index in [4.69, 9.17) is 5.73 Å². The molecule has 18 heavy (non-hydrogen) atoms. The fourth-order valence-corrected chi connectivity index (χ4v) is 3.05. The molecule has 4 heteroatoms. The largest absolute Gasteiger partial charge is 0.327 e. The van der Waals surface area contributed by atoms with E-state index >= 15 is 0 Å². The lowest BCUT2D eigenvalue weighted by atomic mass is 10.1. The minimum Gasteiger partial charge on any atom is -0.327 e. The van der Waals surface area contributed by atoms with E-state index in [1.807, 2.05) is 43.6 Å². The van der Waals surface area contributed by atoms with E-state index in [2.05, 4.69) is 33.0 Å². The molecule has 0 aliphatic heterocycles. The molecular weight excluding hydrogens is 308 g/mol. The highest BCUT2D eigenvalue weighted by Gasteiger charge is 2.17. The molecule has 0 saturated heterocycles. The van der Waals surface area contributed by atoms with Crippen molar-refractivity contribution >= 4 is 27.7 Å². The first-order chi connectivity index (χ1) is 8.66. The number of hydrogen-bond donors (Lipinski definition) is 1. The van der Waals surface area contributed by atoms with E-state index in [0.29, 0.717) is 0 Å². The number of pyridine rings is 1. The Balaban J connectivity index is 2.19. The van der Waals surface area contributed by atoms with Crippen LogP contribution in [0.3, 0.4) is 0 Å². The number of benzene rings is 1. The zero-order chi connectivity index (χ0) is 13.0. The van der Waals surface area contributed by atoms with Crippen molar-refractivity contribution in [2.24, 2.45) is 5.73 Å². The molecule has 0 radical (unpaired) electrons. The second-order valence-corrected chi connectivity index (χ2v) is 6.26. The number of aromatic nitrogens is 1. The predicted molar refractivity (Wildman–Crippen MR) is 80.6 cm³/mol. The molecule has 0 spiro atoms. The summed E-state index contributed by atoms with van der Waals surface area (Å²) in [5, 5.41) is 0.245. The van der Waals surface area contributed by atoms with Gasteiger partial charge in [-0.25, -0.2) is 0 Å². The SMILES string of the molecule is CC(N)C(Sc1ccc(Br)cc1)c1ccncc1. The summed E-state index contributed by atoms with van der Waals surface area (Å²) in [7, 11) is 0. The molecule has 2 rings (SSSR count). The maximum absolute atomic E-state index is 6.10. The molecule has 0 aliphatic rings. The molecule has 2 nitrogen and oxygen atoms in total. The normalized spacial score (nSPS) is 14.2. The second-order valence-electron chi connectivity index (χ2n) is 4.13. The molecule has 2 N–H and O–H groups in total. The Labute approximate surface area is 120 Å². The summed E-state index contributed by atoms with van der Waals surface area (Å²) in [5.74, 6) is 0. The monoisotopic (exact) mass is 322 g/mol. The number of nitrogens with two attached hydrogens (primary N) is 1. The van der Waals surface area contributed by atoms with Crippen molar-refractivity contribution in [1.82, 2.24) is 4.98 Å². The van der Waals surface area contributed by atoms with Gasteiger partial charge < -0.3 is 5.73 Å². The van der Waals surface area contributed by atoms with Gasteiger partial charge in [0, 0.05) is 33.1 Å². The zero-order valence-corrected chi connectivity index (χ0v) is 12.5. The van der Waals surface area contributed by atoms with Crippen LogP contribution < -0.4 is 5.73 Å². The van der Waals surface area contributed by atoms with Gasteiger partial charge >= 0.3 is 0 Å². The van der Waals surface area contributed by atoms with Crippen molar-refractivity contribution in [3.8, 4) is 0 Å². The van der Waals surface area contributed by atoms with Gasteiger partial charge in [0.25, 0.3) is 0 Å². The van der Waals surface area contributed by atoms with E-state index in [0.717, 1.165) is 4.47 Å². The van der Waals surface area contributed by atoms with Crippen molar-refractivity contribution in [1.29, 1.82) is 0 Å². The molecule has 1 aromatic carbocycles. The van der Waals surface area contributed by atoms with Crippen LogP contribution in [0.15, 0.2) is 58.2 Å². The summed E-state index contributed by atoms with van der Waals surface area (Å²) < 4.78 is 1.09. The van der Waals surface area contributed by atoms with Gasteiger partial charge in [0.15, 0.2) is 0 Å². The highest BCUT2D eigenvalue weighted by molar-refractivity contribution is 9.10. The van der Waals surface area contributed by atoms with E-state index in [-0.39, 0.29) is 11.3 Å². The third-order valence-corrected chi connectivity index (χ3v) is 4.62. The molecule has 2 aromatic rings. The maximum atomic E-state index is 6.10. The fourth-order valence-electron chi connectivity index (χ4n) is 1.69. The molecule has 2 unspecified atom stereocenters. The summed E-state index contributed by atoms with van der Waals surface area (Å²) in [6.07, 6.45) is 3.62. The summed E-state index contributed by atoms with van der Waals surface area (Å²) in [4.78, 5) is 5.27. The standard InChI is InChI=1S/C14H15BrN2S/c1-10(16)14(11-6-8-17-9-7-11)18-13-4-2-12(15)3-5-13/h2-10,14H,16H2,1H3. The van der Waals surface area contributed by atoms with E-state index in [1.54, 1.807) is 11.8 Å². The van der Waals surface area contributed by atoms with Crippen molar-refractivity contribution in [3.63, 3.8) is 0 Å². The summed E-state index contributed by atoms with van der Waals surface area (Å²) in [6.45, 7) is 2.04. The first-order valence-corrected chi connectivity index (χ1v) is 7.42. The van der Waals surface area contributed by atoms with E-state index < -0.39 is 0 Å². The van der Waals surface area contributed by atoms with E-state index in [9.17, 15) is 0 Å². The van der Waals surface area contributed by atoms with Crippen LogP contribution in [0, 0.1) is 0 Å². The highest BCUT2D eigenvalue weighted by Crippen LogP contribution is 2.37. The molecule has 0 bridgehead atoms. The lowest BCUT2D eigenvalue weighted by Gasteiger charge is -2.20. The number of nitrogens with zero attached hydrogens (tertiary/aromatic N) is 1. The lowest BCUT2D eigenvalue weighted by molar-refractivity contribution is 0.720. The second kappa shape index (κ2) is 6.36. The van der Waals surface area contributed by atoms with Crippen LogP contribution in [0.1, 0.15) is 17.7 Å². The first-order valence-electron chi connectivity index (χ1n) is 5.74. The Morgan fingerprint density at radius 1 is 1.11 bits per heavy atom. The van der Waals surface area contributed by atoms with Crippen molar-refractivity contribution < 1.29 is 0 Å². The third kappa shape index (κ3) is 3.57. The Hall–Kier alpha value is -0.840. The molecular formula is C14H15BrN2S. The Morgan fingerprint density at radius 3 is 2.28 bits per heavy atom. The number of halogens is 1. The molecule has 1 aromatic heterocycles. The molecule has 1 heterocycles. The van der Waals surface area contributed by atoms with Gasteiger partial charge in [-0.2, -0.15) is 0 Å². The smallest absolute Gasteiger partial charge is 0.0493 e. The Morgan fingerprint density at radius 2 is 1.72 bits per heavy atom. The van der Waals surface area contributed by atoms with Gasteiger partial charge in [-0.3, -0.25) is 4.98 Å². The van der Waals surface area contributed by atoms with Crippen LogP contribution in [0.2, 0.25) is 0 Å². The van der Waals surface area contributed by atoms with Crippen LogP contribution >= 0.6 is 27.7 Å². The van der Waals surface area contributed by atoms with Crippen LogP contribution in [0.5, 0.6) is 0 Å². The molecule has 94 valence electrons. The summed E-state index contributed by atoms with van der Waals surface area (Å²) in [6, 6.07) is 12.4. The highest BCUT2D eigenvalue weighted by atomic mass is 79.9. The maximum Gasteiger partial charge on any atom is 0.0493 e. The van der Waals surface area contributed by atoms with Crippen LogP contribution in [-0.4, -0.2) is 11.0 Å². The molecule has 0 amide bonds. The fraction of sp³-hybridized carbons (Fsp3) is 0.214. The van der Waals surface area contributed by atoms with Crippen LogP contribution in [0.4, 0.5) is 0 Å². The molecule has 0 aliphatic carbocycles. The van der Waals surface area contributed by atoms with Gasteiger partial charge in [0.1, 0.15) is 0 Å². The predicted octanol–water partition coefficient (Wildman–Crippen LogP) is 4.02. The third-order valence-electron chi connectivity index (χ3n) is 2.59. The van der Waals surface area contributed by atoms with Gasteiger partial charge in [0.2, 0.25) is 0 Å². The first kappa shape index (κ1) is 13.6. The number of thioether (sulfide) groups is 1. The summed E-state index contributed by atoms with van der Waals surface area (Å²) >= 11 is 5.23. The average Bonchev–Trinajstić information content (AvgIpc) is 2.38. The quantitative estimate of drug-likeness (QED) is 0.864. The van der Waals surface area contributed by atoms with Crippen molar-refractivity contribution in [3.05, 3.63) is 58.8 Å². The van der Waals surface area contributed by atoms with Gasteiger partial charge in [-0.15, -0.1) is 11.8 Å². The van der Waals surface area contributed by atoms with Crippen molar-refractivity contribution in [2.45, 2.75) is 23.1 Å². The number of hydrogen-bond acceptors (Lipinski definition) is 3. The van der Waals surface area contributed by atoms with Crippen LogP contribution in [-0.2, 0) is 0 Å². The molecule has 0 saturated carbocycles. The topological polar surface area (TPSA) is 38.9 Å². The molecule has 2 atom stereocenters. The average molecular weight is 323 g/mol. The Bertz CT molecular complexity index is 485. The minimum atomic E-state index is 0.0843. The van der Waals surface area contributed by atoms with Crippen LogP contribution in [0.25, 0.3) is 0 Å². The summed E-state index contributed by atoms with van der Waals surface area (Å²) in [5.41, 5.74) is 7.31. The van der Waals surface area contributed by atoms with Gasteiger partial charge in [0.05, 0.1) is 0 Å². The van der Waals surface area contributed by atoms with Gasteiger partial charge in [-0.05, 0) is 48.9 Å². The molecule has 0 fully saturated rings. The van der Waals surface area contributed by atoms with Gasteiger partial charge in [-0.1, -0.05) is 15.9 Å². The zero-order valence-electron chi connectivity index (χ0n) is 10.1. The Kier molecular flexibility index (Phi) is 4.80. The lowest BCUT2D eigenvalue weighted by Crippen LogP contribution is -2.22.